The summed E-state index contributed by atoms with van der Waals surface area (Å²) in [6, 6.07) is 17.8. The number of carbonyl (C=O) groups is 1. The van der Waals surface area contributed by atoms with Crippen molar-refractivity contribution in [1.82, 2.24) is 5.32 Å². The molecule has 0 bridgehead atoms. The number of hydrogen-bond acceptors (Lipinski definition) is 1. The van der Waals surface area contributed by atoms with Gasteiger partial charge in [-0.3, -0.25) is 4.79 Å². The van der Waals surface area contributed by atoms with Crippen LogP contribution in [-0.2, 0) is 0 Å². The second-order valence-corrected chi connectivity index (χ2v) is 3.80. The van der Waals surface area contributed by atoms with Crippen LogP contribution in [0, 0.1) is 0 Å². The molecule has 0 aliphatic heterocycles. The summed E-state index contributed by atoms with van der Waals surface area (Å²) in [6.45, 7) is 2.56. The van der Waals surface area contributed by atoms with Crippen LogP contribution in [0.1, 0.15) is 18.7 Å². The van der Waals surface area contributed by atoms with Crippen molar-refractivity contribution in [2.45, 2.75) is 6.92 Å². The van der Waals surface area contributed by atoms with E-state index < -0.39 is 0 Å². The smallest absolute Gasteiger partial charge is 0.251 e. The van der Waals surface area contributed by atoms with Crippen molar-refractivity contribution in [3.63, 3.8) is 0 Å². The van der Waals surface area contributed by atoms with Gasteiger partial charge >= 0.3 is 0 Å². The molecule has 17 heavy (non-hydrogen) atoms. The normalized spacial score (nSPS) is 9.94. The monoisotopic (exact) mass is 227 g/mol. The van der Waals surface area contributed by atoms with Crippen molar-refractivity contribution < 1.29 is 6.22 Å². The number of nitrogens with one attached hydrogen (secondary N) is 1. The standard InChI is InChI=1S/C15H15NO.H2/c1-2-16-15(17)14-10-8-13(9-11-14)12-6-4-3-5-7-12;/h3-11H,2H2,1H3,(H,16,17);1H. The molecule has 1 N–H and O–H groups in total. The zero-order chi connectivity index (χ0) is 12.1. The molecular formula is C15H17NO. The van der Waals surface area contributed by atoms with Crippen LogP contribution in [0.3, 0.4) is 0 Å². The Balaban J connectivity index is 0.00000162. The third-order valence-electron chi connectivity index (χ3n) is 2.59. The largest absolute Gasteiger partial charge is 0.352 e. The van der Waals surface area contributed by atoms with Crippen LogP contribution in [0.2, 0.25) is 0 Å². The van der Waals surface area contributed by atoms with Gasteiger partial charge in [-0.1, -0.05) is 42.5 Å². The van der Waals surface area contributed by atoms with E-state index in [1.165, 1.54) is 0 Å². The van der Waals surface area contributed by atoms with Crippen LogP contribution in [0.5, 0.6) is 0 Å². The fourth-order valence-corrected chi connectivity index (χ4v) is 1.71. The summed E-state index contributed by atoms with van der Waals surface area (Å²) in [7, 11) is 0. The minimum Gasteiger partial charge on any atom is -0.352 e. The fraction of sp³-hybridized carbons (Fsp3) is 0.133. The SMILES string of the molecule is CCNC(=O)c1ccc(-c2ccccc2)cc1.[HH]. The van der Waals surface area contributed by atoms with E-state index in [9.17, 15) is 4.79 Å². The van der Waals surface area contributed by atoms with Crippen LogP contribution in [-0.4, -0.2) is 12.5 Å². The number of rotatable bonds is 3. The average Bonchev–Trinajstić information content (AvgIpc) is 2.40. The van der Waals surface area contributed by atoms with Gasteiger partial charge in [0.15, 0.2) is 0 Å². The predicted molar refractivity (Wildman–Crippen MR) is 72.0 cm³/mol. The van der Waals surface area contributed by atoms with E-state index in [4.69, 9.17) is 0 Å². The predicted octanol–water partition coefficient (Wildman–Crippen LogP) is 3.35. The summed E-state index contributed by atoms with van der Waals surface area (Å²) in [4.78, 5) is 11.6. The molecule has 0 saturated carbocycles. The molecule has 0 atom stereocenters. The molecule has 0 radical (unpaired) electrons. The lowest BCUT2D eigenvalue weighted by Crippen LogP contribution is -2.22. The van der Waals surface area contributed by atoms with Crippen molar-refractivity contribution >= 4 is 5.91 Å². The Kier molecular flexibility index (Phi) is 3.55. The van der Waals surface area contributed by atoms with Crippen LogP contribution < -0.4 is 5.32 Å². The van der Waals surface area contributed by atoms with Gasteiger partial charge in [0.05, 0.1) is 0 Å². The van der Waals surface area contributed by atoms with Gasteiger partial charge in [0.1, 0.15) is 0 Å². The van der Waals surface area contributed by atoms with Crippen molar-refractivity contribution in [1.29, 1.82) is 0 Å². The van der Waals surface area contributed by atoms with E-state index in [1.807, 2.05) is 49.4 Å². The van der Waals surface area contributed by atoms with Gasteiger partial charge in [-0.05, 0) is 30.2 Å². The lowest BCUT2D eigenvalue weighted by molar-refractivity contribution is 0.0956. The first-order valence-electron chi connectivity index (χ1n) is 5.75. The van der Waals surface area contributed by atoms with Gasteiger partial charge in [0.2, 0.25) is 0 Å². The van der Waals surface area contributed by atoms with E-state index in [1.54, 1.807) is 0 Å². The highest BCUT2D eigenvalue weighted by molar-refractivity contribution is 5.94. The van der Waals surface area contributed by atoms with E-state index in [2.05, 4.69) is 17.4 Å². The Bertz CT molecular complexity index is 494. The summed E-state index contributed by atoms with van der Waals surface area (Å²) in [5.74, 6) is -0.0212. The highest BCUT2D eigenvalue weighted by Crippen LogP contribution is 2.19. The Morgan fingerprint density at radius 3 is 2.18 bits per heavy atom. The first-order valence-corrected chi connectivity index (χ1v) is 5.75. The third-order valence-corrected chi connectivity index (χ3v) is 2.59. The van der Waals surface area contributed by atoms with Gasteiger partial charge in [-0.15, -0.1) is 0 Å². The van der Waals surface area contributed by atoms with E-state index in [0.717, 1.165) is 11.1 Å². The number of amides is 1. The zero-order valence-corrected chi connectivity index (χ0v) is 9.81. The molecule has 2 heteroatoms. The molecule has 0 aliphatic carbocycles. The first kappa shape index (κ1) is 11.4. The minimum absolute atomic E-state index is 0. The topological polar surface area (TPSA) is 29.1 Å². The summed E-state index contributed by atoms with van der Waals surface area (Å²) in [6.07, 6.45) is 0. The maximum absolute atomic E-state index is 11.6. The van der Waals surface area contributed by atoms with Gasteiger partial charge in [0.25, 0.3) is 5.91 Å². The maximum Gasteiger partial charge on any atom is 0.251 e. The van der Waals surface area contributed by atoms with Crippen molar-refractivity contribution in [2.24, 2.45) is 0 Å². The van der Waals surface area contributed by atoms with Gasteiger partial charge < -0.3 is 5.32 Å². The Hall–Kier alpha value is -2.09. The molecule has 0 heterocycles. The first-order chi connectivity index (χ1) is 8.31. The molecule has 0 unspecified atom stereocenters. The quantitative estimate of drug-likeness (QED) is 0.856. The minimum atomic E-state index is -0.0212. The van der Waals surface area contributed by atoms with E-state index in [-0.39, 0.29) is 7.33 Å². The molecule has 0 aromatic heterocycles. The van der Waals surface area contributed by atoms with Crippen molar-refractivity contribution in [2.75, 3.05) is 6.54 Å². The maximum atomic E-state index is 11.6. The Labute approximate surface area is 103 Å². The molecule has 0 saturated heterocycles. The van der Waals surface area contributed by atoms with Crippen molar-refractivity contribution in [3.8, 4) is 11.1 Å². The Morgan fingerprint density at radius 2 is 1.59 bits per heavy atom. The van der Waals surface area contributed by atoms with E-state index in [0.29, 0.717) is 12.1 Å². The molecular weight excluding hydrogens is 210 g/mol. The lowest BCUT2D eigenvalue weighted by Gasteiger charge is -2.04. The zero-order valence-electron chi connectivity index (χ0n) is 9.81. The highest BCUT2D eigenvalue weighted by Gasteiger charge is 2.03. The van der Waals surface area contributed by atoms with Gasteiger partial charge in [0, 0.05) is 13.5 Å². The van der Waals surface area contributed by atoms with Crippen LogP contribution in [0.25, 0.3) is 11.1 Å². The molecule has 2 nitrogen and oxygen atoms in total. The average molecular weight is 227 g/mol. The number of benzene rings is 2. The van der Waals surface area contributed by atoms with Gasteiger partial charge in [-0.2, -0.15) is 0 Å². The van der Waals surface area contributed by atoms with Crippen LogP contribution in [0.15, 0.2) is 54.6 Å². The molecule has 0 aliphatic rings. The van der Waals surface area contributed by atoms with Crippen LogP contribution in [0.4, 0.5) is 0 Å². The lowest BCUT2D eigenvalue weighted by atomic mass is 10.0. The second-order valence-electron chi connectivity index (χ2n) is 3.80. The summed E-state index contributed by atoms with van der Waals surface area (Å²) in [5, 5.41) is 2.78. The summed E-state index contributed by atoms with van der Waals surface area (Å²) in [5.41, 5.74) is 2.99. The Morgan fingerprint density at radius 1 is 1.00 bits per heavy atom. The number of carbonyl (C=O) groups excluding carboxylic acids is 1. The number of hydrogen-bond donors (Lipinski definition) is 1. The summed E-state index contributed by atoms with van der Waals surface area (Å²) < 4.78 is 0. The van der Waals surface area contributed by atoms with Gasteiger partial charge in [-0.25, -0.2) is 0 Å². The molecule has 0 spiro atoms. The summed E-state index contributed by atoms with van der Waals surface area (Å²) >= 11 is 0. The van der Waals surface area contributed by atoms with Crippen molar-refractivity contribution in [3.05, 3.63) is 60.2 Å². The molecule has 1 amide bonds. The van der Waals surface area contributed by atoms with E-state index >= 15 is 0 Å². The molecule has 88 valence electrons. The van der Waals surface area contributed by atoms with Crippen LogP contribution >= 0.6 is 0 Å². The molecule has 2 rings (SSSR count). The molecule has 0 fully saturated rings. The second kappa shape index (κ2) is 5.30. The highest BCUT2D eigenvalue weighted by atomic mass is 16.1. The molecule has 2 aromatic rings. The fourth-order valence-electron chi connectivity index (χ4n) is 1.71. The third kappa shape index (κ3) is 2.72. The molecule has 2 aromatic carbocycles.